The zero-order valence-corrected chi connectivity index (χ0v) is 15.2. The minimum absolute atomic E-state index is 0.0725. The van der Waals surface area contributed by atoms with Gasteiger partial charge in [0.05, 0.1) is 11.3 Å². The highest BCUT2D eigenvalue weighted by atomic mass is 32.2. The van der Waals surface area contributed by atoms with Crippen LogP contribution in [0.15, 0.2) is 75.4 Å². The van der Waals surface area contributed by atoms with E-state index in [1.54, 1.807) is 35.8 Å². The number of alkyl halides is 3. The van der Waals surface area contributed by atoms with Crippen molar-refractivity contribution in [2.75, 3.05) is 5.32 Å². The Hall–Kier alpha value is -2.65. The van der Waals surface area contributed by atoms with E-state index in [1.165, 1.54) is 47.4 Å². The first-order chi connectivity index (χ1) is 12.9. The first-order valence-corrected chi connectivity index (χ1v) is 9.31. The van der Waals surface area contributed by atoms with Crippen molar-refractivity contribution in [1.29, 1.82) is 0 Å². The minimum Gasteiger partial charge on any atom is -0.321 e. The molecule has 3 rings (SSSR count). The molecule has 1 amide bonds. The first-order valence-electron chi connectivity index (χ1n) is 7.62. The lowest BCUT2D eigenvalue weighted by atomic mass is 10.1. The number of hydrogen-bond acceptors (Lipinski definition) is 5. The van der Waals surface area contributed by atoms with Crippen molar-refractivity contribution in [2.24, 2.45) is 0 Å². The summed E-state index contributed by atoms with van der Waals surface area (Å²) >= 11 is 2.59. The molecule has 138 valence electrons. The molecule has 1 aromatic heterocycles. The highest BCUT2D eigenvalue weighted by molar-refractivity contribution is 8.01. The van der Waals surface area contributed by atoms with E-state index < -0.39 is 17.7 Å². The van der Waals surface area contributed by atoms with Crippen LogP contribution in [0.2, 0.25) is 0 Å². The van der Waals surface area contributed by atoms with E-state index >= 15 is 0 Å². The zero-order valence-electron chi connectivity index (χ0n) is 13.6. The van der Waals surface area contributed by atoms with Crippen LogP contribution < -0.4 is 5.32 Å². The van der Waals surface area contributed by atoms with Crippen LogP contribution in [-0.2, 0) is 4.79 Å². The number of para-hydroxylation sites is 1. The van der Waals surface area contributed by atoms with Crippen molar-refractivity contribution >= 4 is 40.3 Å². The van der Waals surface area contributed by atoms with Crippen LogP contribution in [0, 0.1) is 0 Å². The van der Waals surface area contributed by atoms with E-state index in [9.17, 15) is 18.0 Å². The molecule has 0 unspecified atom stereocenters. The quantitative estimate of drug-likeness (QED) is 0.585. The Labute approximate surface area is 161 Å². The fraction of sp³-hybridized carbons (Fsp3) is 0.0556. The lowest BCUT2D eigenvalue weighted by molar-refractivity contribution is -0.112. The van der Waals surface area contributed by atoms with E-state index in [1.807, 2.05) is 0 Å². The van der Waals surface area contributed by atoms with Gasteiger partial charge in [-0.1, -0.05) is 65.6 Å². The topological polar surface area (TPSA) is 54.9 Å². The Balaban J connectivity index is 1.85. The maximum Gasteiger partial charge on any atom is 0.417 e. The SMILES string of the molecule is O=C(/C=C(\c1ccccc1)C(F)(F)F)Nc1ccccc1Sc1nncs1. The van der Waals surface area contributed by atoms with Crippen molar-refractivity contribution in [3.05, 3.63) is 71.7 Å². The molecule has 0 fully saturated rings. The fourth-order valence-corrected chi connectivity index (χ4v) is 3.73. The summed E-state index contributed by atoms with van der Waals surface area (Å²) in [6.45, 7) is 0. The lowest BCUT2D eigenvalue weighted by Crippen LogP contribution is -2.16. The average molecular weight is 407 g/mol. The molecule has 3 aromatic rings. The highest BCUT2D eigenvalue weighted by Crippen LogP contribution is 2.35. The van der Waals surface area contributed by atoms with Gasteiger partial charge in [0, 0.05) is 11.0 Å². The molecule has 0 spiro atoms. The molecule has 1 N–H and O–H groups in total. The normalized spacial score (nSPS) is 12.0. The third-order valence-corrected chi connectivity index (χ3v) is 5.20. The van der Waals surface area contributed by atoms with Gasteiger partial charge >= 0.3 is 6.18 Å². The molecule has 9 heteroatoms. The number of rotatable bonds is 5. The van der Waals surface area contributed by atoms with E-state index in [2.05, 4.69) is 15.5 Å². The molecule has 1 heterocycles. The molecule has 27 heavy (non-hydrogen) atoms. The summed E-state index contributed by atoms with van der Waals surface area (Å²) in [5, 5.41) is 10.2. The molecular weight excluding hydrogens is 395 g/mol. The Morgan fingerprint density at radius 3 is 2.44 bits per heavy atom. The summed E-state index contributed by atoms with van der Waals surface area (Å²) in [6, 6.07) is 14.0. The molecule has 2 aromatic carbocycles. The van der Waals surface area contributed by atoms with Crippen molar-refractivity contribution < 1.29 is 18.0 Å². The summed E-state index contributed by atoms with van der Waals surface area (Å²) in [5.74, 6) is -0.864. The van der Waals surface area contributed by atoms with Crippen molar-refractivity contribution in [3.63, 3.8) is 0 Å². The van der Waals surface area contributed by atoms with Crippen molar-refractivity contribution in [3.8, 4) is 0 Å². The van der Waals surface area contributed by atoms with Gasteiger partial charge in [0.1, 0.15) is 5.51 Å². The number of carbonyl (C=O) groups is 1. The fourth-order valence-electron chi connectivity index (χ4n) is 2.21. The molecule has 0 aliphatic rings. The number of benzene rings is 2. The van der Waals surface area contributed by atoms with Crippen LogP contribution in [-0.4, -0.2) is 22.3 Å². The second kappa shape index (κ2) is 8.36. The third kappa shape index (κ3) is 5.18. The predicted molar refractivity (Wildman–Crippen MR) is 99.6 cm³/mol. The Bertz CT molecular complexity index is 942. The van der Waals surface area contributed by atoms with Crippen LogP contribution in [0.1, 0.15) is 5.56 Å². The summed E-state index contributed by atoms with van der Waals surface area (Å²) in [7, 11) is 0. The number of nitrogens with one attached hydrogen (secondary N) is 1. The van der Waals surface area contributed by atoms with Gasteiger partial charge in [-0.05, 0) is 17.7 Å². The van der Waals surface area contributed by atoms with E-state index in [4.69, 9.17) is 0 Å². The summed E-state index contributed by atoms with van der Waals surface area (Å²) in [6.07, 6.45) is -4.08. The molecule has 0 radical (unpaired) electrons. The second-order valence-corrected chi connectivity index (χ2v) is 7.34. The Morgan fingerprint density at radius 1 is 1.07 bits per heavy atom. The van der Waals surface area contributed by atoms with Crippen LogP contribution in [0.5, 0.6) is 0 Å². The molecule has 0 atom stereocenters. The average Bonchev–Trinajstić information content (AvgIpc) is 3.14. The standard InChI is InChI=1S/C18H12F3N3OS2/c19-18(20,21)13(12-6-2-1-3-7-12)10-16(25)23-14-8-4-5-9-15(14)27-17-24-22-11-26-17/h1-11H,(H,23,25)/b13-10+. The highest BCUT2D eigenvalue weighted by Gasteiger charge is 2.35. The van der Waals surface area contributed by atoms with Gasteiger partial charge in [0.2, 0.25) is 5.91 Å². The zero-order chi connectivity index (χ0) is 19.3. The number of nitrogens with zero attached hydrogens (tertiary/aromatic N) is 2. The minimum atomic E-state index is -4.65. The maximum atomic E-state index is 13.4. The third-order valence-electron chi connectivity index (χ3n) is 3.35. The number of anilines is 1. The molecular formula is C18H12F3N3OS2. The summed E-state index contributed by atoms with van der Waals surface area (Å²) < 4.78 is 40.8. The van der Waals surface area contributed by atoms with Gasteiger partial charge in [0.25, 0.3) is 0 Å². The monoisotopic (exact) mass is 407 g/mol. The predicted octanol–water partition coefficient (Wildman–Crippen LogP) is 5.27. The molecule has 0 saturated carbocycles. The van der Waals surface area contributed by atoms with Gasteiger partial charge in [-0.15, -0.1) is 10.2 Å². The Morgan fingerprint density at radius 2 is 1.78 bits per heavy atom. The van der Waals surface area contributed by atoms with E-state index in [0.29, 0.717) is 21.0 Å². The largest absolute Gasteiger partial charge is 0.417 e. The van der Waals surface area contributed by atoms with E-state index in [0.717, 1.165) is 0 Å². The number of amides is 1. The summed E-state index contributed by atoms with van der Waals surface area (Å²) in [4.78, 5) is 12.9. The Kier molecular flexibility index (Phi) is 5.92. The van der Waals surface area contributed by atoms with Gasteiger partial charge in [-0.2, -0.15) is 13.2 Å². The molecule has 4 nitrogen and oxygen atoms in total. The van der Waals surface area contributed by atoms with Gasteiger partial charge < -0.3 is 5.32 Å². The van der Waals surface area contributed by atoms with Crippen LogP contribution in [0.25, 0.3) is 5.57 Å². The smallest absolute Gasteiger partial charge is 0.321 e. The summed E-state index contributed by atoms with van der Waals surface area (Å²) in [5.41, 5.74) is 0.891. The van der Waals surface area contributed by atoms with Crippen molar-refractivity contribution in [2.45, 2.75) is 15.4 Å². The van der Waals surface area contributed by atoms with Crippen LogP contribution in [0.4, 0.5) is 18.9 Å². The molecule has 0 bridgehead atoms. The van der Waals surface area contributed by atoms with Crippen molar-refractivity contribution in [1.82, 2.24) is 10.2 Å². The molecule has 0 saturated heterocycles. The van der Waals surface area contributed by atoms with Gasteiger partial charge in [-0.25, -0.2) is 0 Å². The van der Waals surface area contributed by atoms with Crippen LogP contribution in [0.3, 0.4) is 0 Å². The number of allylic oxidation sites excluding steroid dienone is 1. The van der Waals surface area contributed by atoms with E-state index in [-0.39, 0.29) is 5.56 Å². The molecule has 0 aliphatic carbocycles. The van der Waals surface area contributed by atoms with Gasteiger partial charge in [-0.3, -0.25) is 4.79 Å². The maximum absolute atomic E-state index is 13.4. The number of halogens is 3. The number of carbonyl (C=O) groups excluding carboxylic acids is 1. The molecule has 0 aliphatic heterocycles. The number of aromatic nitrogens is 2. The second-order valence-electron chi connectivity index (χ2n) is 5.21. The van der Waals surface area contributed by atoms with Crippen LogP contribution >= 0.6 is 23.1 Å². The van der Waals surface area contributed by atoms with Gasteiger partial charge in [0.15, 0.2) is 4.34 Å². The number of hydrogen-bond donors (Lipinski definition) is 1. The lowest BCUT2D eigenvalue weighted by Gasteiger charge is -2.13. The first kappa shape index (κ1) is 19.1.